The van der Waals surface area contributed by atoms with Gasteiger partial charge in [-0.25, -0.2) is 0 Å². The predicted octanol–water partition coefficient (Wildman–Crippen LogP) is 0.681. The smallest absolute Gasteiger partial charge is 0.257 e. The van der Waals surface area contributed by atoms with Crippen LogP contribution in [-0.4, -0.2) is 18.1 Å². The maximum absolute atomic E-state index is 11.0. The van der Waals surface area contributed by atoms with Crippen LogP contribution in [0.4, 0.5) is 5.69 Å². The second-order valence-electron chi connectivity index (χ2n) is 2.84. The van der Waals surface area contributed by atoms with E-state index in [1.54, 1.807) is 18.2 Å². The lowest BCUT2D eigenvalue weighted by Gasteiger charge is -2.03. The molecule has 1 aromatic carbocycles. The van der Waals surface area contributed by atoms with Gasteiger partial charge in [-0.05, 0) is 18.2 Å². The van der Waals surface area contributed by atoms with Crippen LogP contribution in [0.5, 0.6) is 5.75 Å². The molecule has 0 aromatic heterocycles. The van der Waals surface area contributed by atoms with Crippen LogP contribution < -0.4 is 10.1 Å². The number of aliphatic hydroxyl groups is 1. The van der Waals surface area contributed by atoms with Crippen LogP contribution in [0.1, 0.15) is 11.7 Å². The van der Waals surface area contributed by atoms with E-state index in [-0.39, 0.29) is 5.91 Å². The van der Waals surface area contributed by atoms with Crippen LogP contribution in [0, 0.1) is 0 Å². The minimum atomic E-state index is -1.06. The molecule has 68 valence electrons. The Morgan fingerprint density at radius 1 is 1.54 bits per heavy atom. The molecule has 2 N–H and O–H groups in total. The highest BCUT2D eigenvalue weighted by atomic mass is 16.5. The SMILES string of the molecule is COc1ccc2c(c1)[C@@H](O)C(=O)N2. The van der Waals surface area contributed by atoms with Gasteiger partial charge in [0.05, 0.1) is 7.11 Å². The molecule has 1 amide bonds. The topological polar surface area (TPSA) is 58.6 Å². The summed E-state index contributed by atoms with van der Waals surface area (Å²) < 4.78 is 4.97. The first-order chi connectivity index (χ1) is 6.22. The molecular formula is C9H9NO3. The largest absolute Gasteiger partial charge is 0.497 e. The molecule has 1 aromatic rings. The average molecular weight is 179 g/mol. The molecule has 1 aliphatic rings. The molecule has 0 unspecified atom stereocenters. The van der Waals surface area contributed by atoms with Crippen LogP contribution >= 0.6 is 0 Å². The Bertz CT molecular complexity index is 362. The first-order valence-corrected chi connectivity index (χ1v) is 3.89. The van der Waals surface area contributed by atoms with Gasteiger partial charge in [0.15, 0.2) is 6.10 Å². The molecule has 2 rings (SSSR count). The Morgan fingerprint density at radius 2 is 2.31 bits per heavy atom. The van der Waals surface area contributed by atoms with Crippen molar-refractivity contribution in [3.63, 3.8) is 0 Å². The lowest BCUT2D eigenvalue weighted by molar-refractivity contribution is -0.123. The van der Waals surface area contributed by atoms with Crippen LogP contribution in [-0.2, 0) is 4.79 Å². The van der Waals surface area contributed by atoms with E-state index in [0.29, 0.717) is 17.0 Å². The van der Waals surface area contributed by atoms with Crippen molar-refractivity contribution in [1.29, 1.82) is 0 Å². The van der Waals surface area contributed by atoms with Crippen LogP contribution in [0.2, 0.25) is 0 Å². The second-order valence-corrected chi connectivity index (χ2v) is 2.84. The molecule has 0 aliphatic carbocycles. The minimum absolute atomic E-state index is 0.386. The standard InChI is InChI=1S/C9H9NO3/c1-13-5-2-3-7-6(4-5)8(11)9(12)10-7/h2-4,8,11H,1H3,(H,10,12)/t8-/m1/s1. The fourth-order valence-electron chi connectivity index (χ4n) is 1.35. The summed E-state index contributed by atoms with van der Waals surface area (Å²) >= 11 is 0. The highest BCUT2D eigenvalue weighted by molar-refractivity contribution is 6.01. The van der Waals surface area contributed by atoms with Gasteiger partial charge in [-0.3, -0.25) is 4.79 Å². The van der Waals surface area contributed by atoms with E-state index >= 15 is 0 Å². The van der Waals surface area contributed by atoms with Gasteiger partial charge in [-0.2, -0.15) is 0 Å². The quantitative estimate of drug-likeness (QED) is 0.666. The Hall–Kier alpha value is -1.55. The first-order valence-electron chi connectivity index (χ1n) is 3.89. The van der Waals surface area contributed by atoms with Gasteiger partial charge in [0, 0.05) is 11.3 Å². The van der Waals surface area contributed by atoms with Gasteiger partial charge < -0.3 is 15.2 Å². The van der Waals surface area contributed by atoms with Crippen molar-refractivity contribution in [2.45, 2.75) is 6.10 Å². The van der Waals surface area contributed by atoms with Gasteiger partial charge in [0.2, 0.25) is 0 Å². The number of hydrogen-bond acceptors (Lipinski definition) is 3. The Morgan fingerprint density at radius 3 is 3.00 bits per heavy atom. The lowest BCUT2D eigenvalue weighted by atomic mass is 10.1. The molecule has 1 aliphatic heterocycles. The van der Waals surface area contributed by atoms with E-state index in [4.69, 9.17) is 4.74 Å². The molecule has 0 saturated carbocycles. The Labute approximate surface area is 75.1 Å². The molecule has 1 atom stereocenters. The predicted molar refractivity (Wildman–Crippen MR) is 46.6 cm³/mol. The van der Waals surface area contributed by atoms with Crippen molar-refractivity contribution in [2.75, 3.05) is 12.4 Å². The number of aliphatic hydroxyl groups excluding tert-OH is 1. The summed E-state index contributed by atoms with van der Waals surface area (Å²) in [6, 6.07) is 5.09. The molecular weight excluding hydrogens is 170 g/mol. The number of amides is 1. The average Bonchev–Trinajstić information content (AvgIpc) is 2.43. The summed E-state index contributed by atoms with van der Waals surface area (Å²) in [6.45, 7) is 0. The summed E-state index contributed by atoms with van der Waals surface area (Å²) in [6.07, 6.45) is -1.06. The zero-order valence-corrected chi connectivity index (χ0v) is 7.07. The Balaban J connectivity index is 2.47. The Kier molecular flexibility index (Phi) is 1.70. The fraction of sp³-hybridized carbons (Fsp3) is 0.222. The number of hydrogen-bond donors (Lipinski definition) is 2. The summed E-state index contributed by atoms with van der Waals surface area (Å²) in [4.78, 5) is 11.0. The molecule has 0 fully saturated rings. The summed E-state index contributed by atoms with van der Waals surface area (Å²) in [5.74, 6) is 0.248. The molecule has 0 radical (unpaired) electrons. The van der Waals surface area contributed by atoms with Gasteiger partial charge in [0.25, 0.3) is 5.91 Å². The molecule has 4 heteroatoms. The number of ether oxygens (including phenoxy) is 1. The number of fused-ring (bicyclic) bond motifs is 1. The normalized spacial score (nSPS) is 19.5. The van der Waals surface area contributed by atoms with Crippen molar-refractivity contribution < 1.29 is 14.6 Å². The summed E-state index contributed by atoms with van der Waals surface area (Å²) in [5.41, 5.74) is 1.22. The highest BCUT2D eigenvalue weighted by Gasteiger charge is 2.28. The zero-order chi connectivity index (χ0) is 9.42. The zero-order valence-electron chi connectivity index (χ0n) is 7.07. The first kappa shape index (κ1) is 8.07. The number of nitrogens with one attached hydrogen (secondary N) is 1. The number of rotatable bonds is 1. The van der Waals surface area contributed by atoms with E-state index in [1.807, 2.05) is 0 Å². The molecule has 1 heterocycles. The summed E-state index contributed by atoms with van der Waals surface area (Å²) in [5, 5.41) is 12.0. The third-order valence-corrected chi connectivity index (χ3v) is 2.06. The van der Waals surface area contributed by atoms with Gasteiger partial charge >= 0.3 is 0 Å². The van der Waals surface area contributed by atoms with E-state index in [1.165, 1.54) is 7.11 Å². The number of benzene rings is 1. The maximum atomic E-state index is 11.0. The van der Waals surface area contributed by atoms with E-state index in [9.17, 15) is 9.90 Å². The van der Waals surface area contributed by atoms with Crippen molar-refractivity contribution in [1.82, 2.24) is 0 Å². The monoisotopic (exact) mass is 179 g/mol. The van der Waals surface area contributed by atoms with Crippen molar-refractivity contribution >= 4 is 11.6 Å². The third kappa shape index (κ3) is 1.15. The van der Waals surface area contributed by atoms with Gasteiger partial charge in [0.1, 0.15) is 5.75 Å². The van der Waals surface area contributed by atoms with Gasteiger partial charge in [-0.15, -0.1) is 0 Å². The summed E-state index contributed by atoms with van der Waals surface area (Å²) in [7, 11) is 1.54. The van der Waals surface area contributed by atoms with Crippen LogP contribution in [0.25, 0.3) is 0 Å². The van der Waals surface area contributed by atoms with Crippen LogP contribution in [0.3, 0.4) is 0 Å². The van der Waals surface area contributed by atoms with Gasteiger partial charge in [-0.1, -0.05) is 0 Å². The number of carbonyl (C=O) groups is 1. The number of carbonyl (C=O) groups excluding carboxylic acids is 1. The van der Waals surface area contributed by atoms with Crippen molar-refractivity contribution in [3.05, 3.63) is 23.8 Å². The minimum Gasteiger partial charge on any atom is -0.497 e. The third-order valence-electron chi connectivity index (χ3n) is 2.06. The van der Waals surface area contributed by atoms with E-state index < -0.39 is 6.10 Å². The number of methoxy groups -OCH3 is 1. The molecule has 4 nitrogen and oxygen atoms in total. The van der Waals surface area contributed by atoms with E-state index in [2.05, 4.69) is 5.32 Å². The fourth-order valence-corrected chi connectivity index (χ4v) is 1.35. The van der Waals surface area contributed by atoms with Crippen molar-refractivity contribution in [3.8, 4) is 5.75 Å². The van der Waals surface area contributed by atoms with Crippen LogP contribution in [0.15, 0.2) is 18.2 Å². The molecule has 0 saturated heterocycles. The second kappa shape index (κ2) is 2.74. The maximum Gasteiger partial charge on any atom is 0.257 e. The number of anilines is 1. The van der Waals surface area contributed by atoms with Crippen molar-refractivity contribution in [2.24, 2.45) is 0 Å². The lowest BCUT2D eigenvalue weighted by Crippen LogP contribution is -2.10. The molecule has 13 heavy (non-hydrogen) atoms. The van der Waals surface area contributed by atoms with E-state index in [0.717, 1.165) is 0 Å². The molecule has 0 bridgehead atoms. The molecule has 0 spiro atoms. The highest BCUT2D eigenvalue weighted by Crippen LogP contribution is 2.33.